The molecule has 1 atom stereocenters. The van der Waals surface area contributed by atoms with E-state index in [9.17, 15) is 19.2 Å². The molecule has 1 aliphatic rings. The summed E-state index contributed by atoms with van der Waals surface area (Å²) in [4.78, 5) is 49.7. The monoisotopic (exact) mass is 380 g/mol. The third-order valence-corrected chi connectivity index (χ3v) is 4.61. The highest BCUT2D eigenvalue weighted by Crippen LogP contribution is 2.27. The second-order valence-corrected chi connectivity index (χ2v) is 6.57. The zero-order chi connectivity index (χ0) is 20.3. The Labute approximate surface area is 162 Å². The summed E-state index contributed by atoms with van der Waals surface area (Å²) in [5.74, 6) is -1.60. The van der Waals surface area contributed by atoms with Gasteiger partial charge in [-0.2, -0.15) is 0 Å². The van der Waals surface area contributed by atoms with Crippen LogP contribution in [0.1, 0.15) is 34.1 Å². The van der Waals surface area contributed by atoms with Crippen LogP contribution in [0.25, 0.3) is 0 Å². The quantitative estimate of drug-likeness (QED) is 0.636. The van der Waals surface area contributed by atoms with Crippen LogP contribution in [0.3, 0.4) is 0 Å². The van der Waals surface area contributed by atoms with E-state index in [4.69, 9.17) is 4.74 Å². The van der Waals surface area contributed by atoms with Crippen molar-refractivity contribution in [2.75, 3.05) is 23.9 Å². The van der Waals surface area contributed by atoms with Gasteiger partial charge in [0.25, 0.3) is 0 Å². The molecule has 0 saturated carbocycles. The summed E-state index contributed by atoms with van der Waals surface area (Å²) < 4.78 is 4.70. The predicted molar refractivity (Wildman–Crippen MR) is 103 cm³/mol. The number of esters is 1. The van der Waals surface area contributed by atoms with Crippen LogP contribution in [0.15, 0.2) is 48.5 Å². The molecule has 2 aromatic rings. The number of ketones is 1. The van der Waals surface area contributed by atoms with Crippen LogP contribution in [-0.4, -0.2) is 37.2 Å². The van der Waals surface area contributed by atoms with Crippen LogP contribution in [-0.2, 0) is 14.3 Å². The van der Waals surface area contributed by atoms with Crippen molar-refractivity contribution in [3.05, 3.63) is 59.7 Å². The molecule has 0 radical (unpaired) electrons. The molecule has 1 saturated heterocycles. The van der Waals surface area contributed by atoms with Crippen LogP contribution >= 0.6 is 0 Å². The Kier molecular flexibility index (Phi) is 5.54. The Balaban J connectivity index is 1.72. The highest BCUT2D eigenvalue weighted by molar-refractivity contribution is 6.04. The number of hydrogen-bond donors (Lipinski definition) is 1. The lowest BCUT2D eigenvalue weighted by atomic mass is 10.1. The first kappa shape index (κ1) is 19.3. The van der Waals surface area contributed by atoms with Gasteiger partial charge in [-0.25, -0.2) is 4.79 Å². The van der Waals surface area contributed by atoms with E-state index in [2.05, 4.69) is 5.32 Å². The van der Waals surface area contributed by atoms with Crippen molar-refractivity contribution in [2.24, 2.45) is 5.92 Å². The molecule has 1 fully saturated rings. The van der Waals surface area contributed by atoms with Crippen LogP contribution < -0.4 is 10.2 Å². The number of rotatable bonds is 5. The Morgan fingerprint density at radius 3 is 2.50 bits per heavy atom. The summed E-state index contributed by atoms with van der Waals surface area (Å²) in [6, 6.07) is 13.2. The molecule has 28 heavy (non-hydrogen) atoms. The maximum atomic E-state index is 12.6. The molecule has 0 spiro atoms. The van der Waals surface area contributed by atoms with E-state index in [-0.39, 0.29) is 30.6 Å². The molecular formula is C21H20N2O5. The Morgan fingerprint density at radius 1 is 1.07 bits per heavy atom. The smallest absolute Gasteiger partial charge is 0.337 e. The molecule has 1 heterocycles. The van der Waals surface area contributed by atoms with Gasteiger partial charge in [0.1, 0.15) is 0 Å². The molecule has 0 aromatic heterocycles. The summed E-state index contributed by atoms with van der Waals surface area (Å²) in [5.41, 5.74) is 1.89. The van der Waals surface area contributed by atoms with E-state index in [1.807, 2.05) is 0 Å². The Bertz CT molecular complexity index is 953. The van der Waals surface area contributed by atoms with E-state index in [1.54, 1.807) is 48.5 Å². The predicted octanol–water partition coefficient (Wildman–Crippen LogP) is 2.67. The number of benzene rings is 2. The number of nitrogens with zero attached hydrogens (tertiary/aromatic N) is 1. The van der Waals surface area contributed by atoms with Crippen LogP contribution in [0, 0.1) is 5.92 Å². The fourth-order valence-electron chi connectivity index (χ4n) is 3.11. The van der Waals surface area contributed by atoms with E-state index < -0.39 is 11.9 Å². The van der Waals surface area contributed by atoms with Crippen molar-refractivity contribution in [2.45, 2.75) is 13.3 Å². The summed E-state index contributed by atoms with van der Waals surface area (Å²) in [7, 11) is 1.29. The second-order valence-electron chi connectivity index (χ2n) is 6.57. The molecule has 7 nitrogen and oxygen atoms in total. The number of hydrogen-bond acceptors (Lipinski definition) is 5. The summed E-state index contributed by atoms with van der Waals surface area (Å²) in [5, 5.41) is 2.77. The lowest BCUT2D eigenvalue weighted by molar-refractivity contribution is -0.122. The van der Waals surface area contributed by atoms with Crippen molar-refractivity contribution in [3.8, 4) is 0 Å². The second kappa shape index (κ2) is 8.04. The van der Waals surface area contributed by atoms with Gasteiger partial charge in [0.05, 0.1) is 18.6 Å². The van der Waals surface area contributed by atoms with E-state index >= 15 is 0 Å². The van der Waals surface area contributed by atoms with Crippen molar-refractivity contribution in [1.29, 1.82) is 0 Å². The van der Waals surface area contributed by atoms with E-state index in [0.717, 1.165) is 0 Å². The number of nitrogens with one attached hydrogen (secondary N) is 1. The van der Waals surface area contributed by atoms with Gasteiger partial charge in [-0.15, -0.1) is 0 Å². The lowest BCUT2D eigenvalue weighted by Crippen LogP contribution is -2.28. The highest BCUT2D eigenvalue weighted by Gasteiger charge is 2.35. The molecule has 144 valence electrons. The third kappa shape index (κ3) is 4.09. The van der Waals surface area contributed by atoms with Gasteiger partial charge in [-0.3, -0.25) is 14.4 Å². The van der Waals surface area contributed by atoms with Crippen molar-refractivity contribution < 1.29 is 23.9 Å². The number of methoxy groups -OCH3 is 1. The van der Waals surface area contributed by atoms with Gasteiger partial charge in [0.2, 0.25) is 11.8 Å². The van der Waals surface area contributed by atoms with Crippen molar-refractivity contribution in [3.63, 3.8) is 0 Å². The van der Waals surface area contributed by atoms with Crippen LogP contribution in [0.2, 0.25) is 0 Å². The highest BCUT2D eigenvalue weighted by atomic mass is 16.5. The number of carbonyl (C=O) groups is 4. The fraction of sp³-hybridized carbons (Fsp3) is 0.238. The lowest BCUT2D eigenvalue weighted by Gasteiger charge is -2.17. The first-order valence-electron chi connectivity index (χ1n) is 8.79. The molecule has 7 heteroatoms. The van der Waals surface area contributed by atoms with Gasteiger partial charge < -0.3 is 15.0 Å². The Hall–Kier alpha value is -3.48. The first-order valence-corrected chi connectivity index (χ1v) is 8.79. The van der Waals surface area contributed by atoms with Crippen LogP contribution in [0.5, 0.6) is 0 Å². The van der Waals surface area contributed by atoms with E-state index in [0.29, 0.717) is 22.5 Å². The van der Waals surface area contributed by atoms with Crippen molar-refractivity contribution in [1.82, 2.24) is 0 Å². The number of amides is 2. The third-order valence-electron chi connectivity index (χ3n) is 4.61. The van der Waals surface area contributed by atoms with Gasteiger partial charge >= 0.3 is 5.97 Å². The van der Waals surface area contributed by atoms with Gasteiger partial charge in [-0.1, -0.05) is 18.2 Å². The molecular weight excluding hydrogens is 360 g/mol. The fourth-order valence-corrected chi connectivity index (χ4v) is 3.11. The van der Waals surface area contributed by atoms with Crippen LogP contribution in [0.4, 0.5) is 11.4 Å². The number of carbonyl (C=O) groups excluding carboxylic acids is 4. The van der Waals surface area contributed by atoms with Crippen molar-refractivity contribution >= 4 is 34.9 Å². The molecule has 3 rings (SSSR count). The molecule has 2 aromatic carbocycles. The average Bonchev–Trinajstić information content (AvgIpc) is 3.09. The molecule has 1 aliphatic heterocycles. The number of Topliss-reactive ketones (excluding diaryl/α,β-unsaturated/α-hetero) is 1. The zero-order valence-electron chi connectivity index (χ0n) is 15.6. The maximum absolute atomic E-state index is 12.6. The molecule has 1 N–H and O–H groups in total. The minimum absolute atomic E-state index is 0.0701. The molecule has 2 amide bonds. The van der Waals surface area contributed by atoms with E-state index in [1.165, 1.54) is 18.9 Å². The topological polar surface area (TPSA) is 92.8 Å². The average molecular weight is 380 g/mol. The van der Waals surface area contributed by atoms with Gasteiger partial charge in [0.15, 0.2) is 5.78 Å². The summed E-state index contributed by atoms with van der Waals surface area (Å²) in [6.07, 6.45) is 0.0701. The Morgan fingerprint density at radius 2 is 1.79 bits per heavy atom. The number of anilines is 2. The summed E-state index contributed by atoms with van der Waals surface area (Å²) >= 11 is 0. The van der Waals surface area contributed by atoms with Gasteiger partial charge in [-0.05, 0) is 37.3 Å². The normalized spacial score (nSPS) is 16.0. The molecule has 0 aliphatic carbocycles. The number of ether oxygens (including phenoxy) is 1. The first-order chi connectivity index (χ1) is 13.4. The maximum Gasteiger partial charge on any atom is 0.337 e. The largest absolute Gasteiger partial charge is 0.465 e. The molecule has 1 unspecified atom stereocenters. The minimum atomic E-state index is -0.532. The zero-order valence-corrected chi connectivity index (χ0v) is 15.6. The SMILES string of the molecule is COC(=O)c1cccc(N2CC(C(=O)Nc3cccc(C(C)=O)c3)CC2=O)c1. The van der Waals surface area contributed by atoms with Gasteiger partial charge in [0, 0.05) is 29.9 Å². The standard InChI is InChI=1S/C21H20N2O5/c1-13(24)14-5-3-7-17(9-14)22-20(26)16-11-19(25)23(12-16)18-8-4-6-15(10-18)21(27)28-2/h3-10,16H,11-12H2,1-2H3,(H,22,26). The summed E-state index contributed by atoms with van der Waals surface area (Å²) in [6.45, 7) is 1.67. The molecule has 0 bridgehead atoms. The minimum Gasteiger partial charge on any atom is -0.465 e.